The summed E-state index contributed by atoms with van der Waals surface area (Å²) in [6, 6.07) is 5.31. The molecule has 160 valence electrons. The summed E-state index contributed by atoms with van der Waals surface area (Å²) in [6.45, 7) is 11.3. The van der Waals surface area contributed by atoms with Gasteiger partial charge in [-0.1, -0.05) is 71.5 Å². The van der Waals surface area contributed by atoms with Gasteiger partial charge in [-0.15, -0.1) is 0 Å². The second kappa shape index (κ2) is 7.59. The van der Waals surface area contributed by atoms with Gasteiger partial charge in [0.25, 0.3) is 0 Å². The fraction of sp³-hybridized carbons (Fsp3) is 0.400. The van der Waals surface area contributed by atoms with E-state index in [-0.39, 0.29) is 0 Å². The van der Waals surface area contributed by atoms with Crippen molar-refractivity contribution >= 4 is 21.9 Å². The van der Waals surface area contributed by atoms with E-state index < -0.39 is 54.0 Å². The highest BCUT2D eigenvalue weighted by molar-refractivity contribution is 7.99. The molecule has 29 heavy (non-hydrogen) atoms. The molecule has 0 spiro atoms. The van der Waals surface area contributed by atoms with Gasteiger partial charge in [0.05, 0.1) is 4.90 Å². The van der Waals surface area contributed by atoms with Gasteiger partial charge in [-0.3, -0.25) is 4.55 Å². The molecule has 0 bridgehead atoms. The lowest BCUT2D eigenvalue weighted by molar-refractivity contribution is 0.384. The minimum Gasteiger partial charge on any atom is -0.282 e. The van der Waals surface area contributed by atoms with Crippen LogP contribution < -0.4 is 0 Å². The number of hydrogen-bond acceptors (Lipinski definition) is 3. The van der Waals surface area contributed by atoms with Crippen LogP contribution in [0.2, 0.25) is 0 Å². The molecule has 0 aromatic heterocycles. The maximum Gasteiger partial charge on any atom is 0.300 e. The molecular weight excluding hydrogens is 428 g/mol. The van der Waals surface area contributed by atoms with Crippen LogP contribution in [0.3, 0.4) is 0 Å². The van der Waals surface area contributed by atoms with E-state index in [4.69, 9.17) is 4.55 Å². The summed E-state index contributed by atoms with van der Waals surface area (Å²) < 4.78 is 88.9. The Balaban J connectivity index is 2.86. The first-order chi connectivity index (χ1) is 13.0. The van der Waals surface area contributed by atoms with Gasteiger partial charge in [0.1, 0.15) is 0 Å². The summed E-state index contributed by atoms with van der Waals surface area (Å²) >= 11 is 0.489. The predicted octanol–water partition coefficient (Wildman–Crippen LogP) is 6.24. The molecule has 2 aromatic carbocycles. The van der Waals surface area contributed by atoms with Crippen LogP contribution in [0.15, 0.2) is 32.9 Å². The Bertz CT molecular complexity index is 1010. The zero-order valence-corrected chi connectivity index (χ0v) is 18.5. The van der Waals surface area contributed by atoms with Crippen molar-refractivity contribution in [3.8, 4) is 0 Å². The van der Waals surface area contributed by atoms with Crippen molar-refractivity contribution in [2.24, 2.45) is 0 Å². The molecule has 1 N–H and O–H groups in total. The van der Waals surface area contributed by atoms with Gasteiger partial charge in [0.2, 0.25) is 0 Å². The van der Waals surface area contributed by atoms with Crippen LogP contribution in [-0.2, 0) is 20.9 Å². The molecule has 0 aliphatic carbocycles. The van der Waals surface area contributed by atoms with Crippen LogP contribution >= 0.6 is 11.8 Å². The molecule has 3 nitrogen and oxygen atoms in total. The van der Waals surface area contributed by atoms with E-state index in [0.717, 1.165) is 0 Å². The molecule has 2 rings (SSSR count). The second-order valence-corrected chi connectivity index (χ2v) is 11.1. The molecule has 0 unspecified atom stereocenters. The first-order valence-electron chi connectivity index (χ1n) is 8.63. The summed E-state index contributed by atoms with van der Waals surface area (Å²) in [4.78, 5) is -2.64. The normalized spacial score (nSPS) is 13.1. The molecule has 0 saturated carbocycles. The van der Waals surface area contributed by atoms with Crippen molar-refractivity contribution < 1.29 is 30.5 Å². The summed E-state index contributed by atoms with van der Waals surface area (Å²) in [5.41, 5.74) is 0.492. The maximum atomic E-state index is 14.6. The topological polar surface area (TPSA) is 54.4 Å². The highest BCUT2D eigenvalue weighted by Crippen LogP contribution is 2.45. The molecule has 0 radical (unpaired) electrons. The second-order valence-electron chi connectivity index (χ2n) is 8.67. The van der Waals surface area contributed by atoms with Crippen LogP contribution in [0.5, 0.6) is 0 Å². The summed E-state index contributed by atoms with van der Waals surface area (Å²) in [5, 5.41) is 0. The molecular formula is C20H22F4O3S2. The third-order valence-electron chi connectivity index (χ3n) is 4.28. The van der Waals surface area contributed by atoms with Crippen LogP contribution in [0.1, 0.15) is 52.7 Å². The lowest BCUT2D eigenvalue weighted by Gasteiger charge is -2.29. The highest BCUT2D eigenvalue weighted by Gasteiger charge is 2.34. The molecule has 0 fully saturated rings. The first kappa shape index (κ1) is 23.7. The van der Waals surface area contributed by atoms with Crippen molar-refractivity contribution in [3.63, 3.8) is 0 Å². The van der Waals surface area contributed by atoms with Gasteiger partial charge >= 0.3 is 10.1 Å². The third kappa shape index (κ3) is 4.62. The average molecular weight is 451 g/mol. The van der Waals surface area contributed by atoms with Gasteiger partial charge in [-0.05, 0) is 22.0 Å². The Morgan fingerprint density at radius 2 is 1.14 bits per heavy atom. The van der Waals surface area contributed by atoms with Crippen LogP contribution in [0.4, 0.5) is 17.6 Å². The monoisotopic (exact) mass is 450 g/mol. The smallest absolute Gasteiger partial charge is 0.282 e. The summed E-state index contributed by atoms with van der Waals surface area (Å²) in [7, 11) is -5.50. The van der Waals surface area contributed by atoms with Gasteiger partial charge in [-0.25, -0.2) is 17.6 Å². The molecule has 0 saturated heterocycles. The van der Waals surface area contributed by atoms with Crippen LogP contribution in [-0.4, -0.2) is 13.0 Å². The predicted molar refractivity (Wildman–Crippen MR) is 104 cm³/mol. The van der Waals surface area contributed by atoms with Gasteiger partial charge in [-0.2, -0.15) is 8.42 Å². The van der Waals surface area contributed by atoms with Gasteiger partial charge in [0.15, 0.2) is 28.2 Å². The third-order valence-corrected chi connectivity index (χ3v) is 6.36. The molecule has 0 atom stereocenters. The Morgan fingerprint density at radius 3 is 1.45 bits per heavy atom. The fourth-order valence-corrected chi connectivity index (χ4v) is 5.00. The summed E-state index contributed by atoms with van der Waals surface area (Å²) in [6.07, 6.45) is 0. The summed E-state index contributed by atoms with van der Waals surface area (Å²) in [5.74, 6) is -8.10. The molecule has 0 amide bonds. The zero-order valence-electron chi connectivity index (χ0n) is 16.8. The Labute approximate surface area is 172 Å². The van der Waals surface area contributed by atoms with Crippen molar-refractivity contribution in [2.45, 2.75) is 67.1 Å². The SMILES string of the molecule is CC(C)(C)c1cccc(C(C)(C)C)c1Sc1c(F)c(F)c(S(=O)(=O)O)c(F)c1F. The Hall–Kier alpha value is -1.58. The zero-order chi connectivity index (χ0) is 22.5. The molecule has 0 aliphatic heterocycles. The van der Waals surface area contributed by atoms with Crippen molar-refractivity contribution in [3.05, 3.63) is 52.6 Å². The number of halogens is 4. The quantitative estimate of drug-likeness (QED) is 0.342. The lowest BCUT2D eigenvalue weighted by atomic mass is 9.80. The van der Waals surface area contributed by atoms with E-state index in [0.29, 0.717) is 27.8 Å². The van der Waals surface area contributed by atoms with Crippen LogP contribution in [0.25, 0.3) is 0 Å². The fourth-order valence-electron chi connectivity index (χ4n) is 2.84. The Kier molecular flexibility index (Phi) is 6.20. The standard InChI is InChI=1S/C20H22F4O3S2/c1-19(2,3)10-8-7-9-11(20(4,5)6)16(10)28-17-12(21)14(23)18(29(25,26)27)15(24)13(17)22/h7-9H,1-6H3,(H,25,26,27). The van der Waals surface area contributed by atoms with Gasteiger partial charge in [0, 0.05) is 4.90 Å². The van der Waals surface area contributed by atoms with Gasteiger partial charge < -0.3 is 0 Å². The number of hydrogen-bond donors (Lipinski definition) is 1. The van der Waals surface area contributed by atoms with E-state index in [1.165, 1.54) is 0 Å². The van der Waals surface area contributed by atoms with Crippen molar-refractivity contribution in [2.75, 3.05) is 0 Å². The minimum absolute atomic E-state index is 0.420. The first-order valence-corrected chi connectivity index (χ1v) is 10.9. The van der Waals surface area contributed by atoms with Crippen molar-refractivity contribution in [1.82, 2.24) is 0 Å². The largest absolute Gasteiger partial charge is 0.300 e. The average Bonchev–Trinajstić information content (AvgIpc) is 2.54. The number of rotatable bonds is 3. The maximum absolute atomic E-state index is 14.6. The van der Waals surface area contributed by atoms with E-state index in [1.807, 2.05) is 41.5 Å². The Morgan fingerprint density at radius 1 is 0.759 bits per heavy atom. The molecule has 9 heteroatoms. The lowest BCUT2D eigenvalue weighted by Crippen LogP contribution is -2.19. The molecule has 0 heterocycles. The van der Waals surface area contributed by atoms with Crippen molar-refractivity contribution in [1.29, 1.82) is 0 Å². The van der Waals surface area contributed by atoms with E-state index in [9.17, 15) is 26.0 Å². The van der Waals surface area contributed by atoms with E-state index in [1.54, 1.807) is 18.2 Å². The molecule has 2 aromatic rings. The minimum atomic E-state index is -5.50. The van der Waals surface area contributed by atoms with Crippen LogP contribution in [0, 0.1) is 23.3 Å². The number of benzene rings is 2. The van der Waals surface area contributed by atoms with E-state index >= 15 is 0 Å². The molecule has 0 aliphatic rings. The van der Waals surface area contributed by atoms with E-state index in [2.05, 4.69) is 0 Å². The highest BCUT2D eigenvalue weighted by atomic mass is 32.2.